The van der Waals surface area contributed by atoms with E-state index in [1.54, 1.807) is 0 Å². The van der Waals surface area contributed by atoms with Crippen LogP contribution in [0.2, 0.25) is 0 Å². The Kier molecular flexibility index (Phi) is 9.29. The maximum Gasteiger partial charge on any atom is 0.319 e. The molecule has 0 unspecified atom stereocenters. The van der Waals surface area contributed by atoms with Crippen LogP contribution in [-0.2, 0) is 17.5 Å². The number of aromatic nitrogens is 3. The van der Waals surface area contributed by atoms with Crippen molar-refractivity contribution in [2.75, 3.05) is 39.1 Å². The van der Waals surface area contributed by atoms with E-state index in [2.05, 4.69) is 94.0 Å². The van der Waals surface area contributed by atoms with Crippen LogP contribution in [0.15, 0.2) is 60.8 Å². The Morgan fingerprint density at radius 2 is 1.89 bits per heavy atom. The molecule has 4 aromatic rings. The minimum Gasteiger partial charge on any atom is -0.484 e. The van der Waals surface area contributed by atoms with Crippen molar-refractivity contribution in [3.05, 3.63) is 88.9 Å². The lowest BCUT2D eigenvalue weighted by molar-refractivity contribution is 0.170. The lowest BCUT2D eigenvalue weighted by Crippen LogP contribution is -2.37. The number of fused-ring (bicyclic) bond motifs is 2. The summed E-state index contributed by atoms with van der Waals surface area (Å²) >= 11 is 0. The Morgan fingerprint density at radius 3 is 2.62 bits per heavy atom. The van der Waals surface area contributed by atoms with Crippen LogP contribution in [0.5, 0.6) is 5.75 Å². The molecule has 10 heteroatoms. The molecule has 2 aliphatic rings. The van der Waals surface area contributed by atoms with Crippen molar-refractivity contribution in [3.63, 3.8) is 0 Å². The molecule has 0 bridgehead atoms. The first-order chi connectivity index (χ1) is 22.4. The van der Waals surface area contributed by atoms with Gasteiger partial charge in [0.1, 0.15) is 11.9 Å². The van der Waals surface area contributed by atoms with E-state index in [0.29, 0.717) is 13.1 Å². The van der Waals surface area contributed by atoms with Gasteiger partial charge in [0.15, 0.2) is 11.5 Å². The summed E-state index contributed by atoms with van der Waals surface area (Å²) in [7, 11) is 4.13. The summed E-state index contributed by atoms with van der Waals surface area (Å²) in [5.74, 6) is 1.71. The summed E-state index contributed by atoms with van der Waals surface area (Å²) in [5.41, 5.74) is 5.71. The number of likely N-dealkylation sites (tertiary alicyclic amines) is 1. The molecule has 47 heavy (non-hydrogen) atoms. The molecule has 0 radical (unpaired) electrons. The molecule has 1 aliphatic heterocycles. The molecular formula is C37H49N7O3. The van der Waals surface area contributed by atoms with Crippen molar-refractivity contribution in [2.45, 2.75) is 83.0 Å². The third-order valence-corrected chi connectivity index (χ3v) is 9.93. The fraction of sp³-hybridized carbons (Fsp3) is 0.486. The van der Waals surface area contributed by atoms with E-state index in [-0.39, 0.29) is 35.7 Å². The second-order valence-corrected chi connectivity index (χ2v) is 14.5. The van der Waals surface area contributed by atoms with Gasteiger partial charge in [0.25, 0.3) is 0 Å². The van der Waals surface area contributed by atoms with Crippen LogP contribution in [0.25, 0.3) is 5.65 Å². The second kappa shape index (κ2) is 13.3. The molecule has 3 heterocycles. The zero-order chi connectivity index (χ0) is 33.3. The highest BCUT2D eigenvalue weighted by molar-refractivity contribution is 5.89. The number of nitrogens with zero attached hydrogens (tertiary/aromatic N) is 5. The predicted molar refractivity (Wildman–Crippen MR) is 185 cm³/mol. The summed E-state index contributed by atoms with van der Waals surface area (Å²) in [6.07, 6.45) is 5.56. The van der Waals surface area contributed by atoms with Crippen LogP contribution in [0, 0.1) is 0 Å². The van der Waals surface area contributed by atoms with Crippen molar-refractivity contribution in [1.82, 2.24) is 29.7 Å². The zero-order valence-corrected chi connectivity index (χ0v) is 28.6. The summed E-state index contributed by atoms with van der Waals surface area (Å²) < 4.78 is 8.73. The van der Waals surface area contributed by atoms with Gasteiger partial charge in [0, 0.05) is 18.8 Å². The number of aliphatic hydroxyl groups is 1. The van der Waals surface area contributed by atoms with Crippen LogP contribution >= 0.6 is 0 Å². The Labute approximate surface area is 278 Å². The number of aliphatic hydroxyl groups excluding tert-OH is 1. The fourth-order valence-electron chi connectivity index (χ4n) is 7.05. The van der Waals surface area contributed by atoms with E-state index in [1.165, 1.54) is 0 Å². The third kappa shape index (κ3) is 7.00. The lowest BCUT2D eigenvalue weighted by Gasteiger charge is -2.32. The van der Waals surface area contributed by atoms with Gasteiger partial charge in [-0.3, -0.25) is 14.2 Å². The first kappa shape index (κ1) is 32.9. The van der Waals surface area contributed by atoms with E-state index in [4.69, 9.17) is 4.74 Å². The average molecular weight is 640 g/mol. The molecule has 3 N–H and O–H groups in total. The molecule has 3 atom stereocenters. The highest BCUT2D eigenvalue weighted by Gasteiger charge is 2.40. The van der Waals surface area contributed by atoms with Gasteiger partial charge in [-0.2, -0.15) is 0 Å². The van der Waals surface area contributed by atoms with Gasteiger partial charge >= 0.3 is 6.03 Å². The number of benzene rings is 2. The molecule has 10 nitrogen and oxygen atoms in total. The van der Waals surface area contributed by atoms with E-state index in [9.17, 15) is 9.90 Å². The van der Waals surface area contributed by atoms with Crippen molar-refractivity contribution >= 4 is 17.4 Å². The average Bonchev–Trinajstić information content (AvgIpc) is 3.60. The molecule has 2 aromatic heterocycles. The molecule has 2 amide bonds. The minimum atomic E-state index is -0.235. The molecule has 250 valence electrons. The Bertz CT molecular complexity index is 1730. The first-order valence-electron chi connectivity index (χ1n) is 16.8. The maximum absolute atomic E-state index is 13.4. The number of urea groups is 1. The lowest BCUT2D eigenvalue weighted by atomic mass is 9.85. The standard InChI is InChI=1S/C37H49N7O3/c1-36(2,3)26-20-25(23-42(5)18-19-45)21-27(22-26)38-35(46)39-31-13-14-32(30-11-8-7-10-29(30)31)47-28-12-15-33-40-41-34(44(33)24-28)37(4)16-9-17-43(37)6/h7-8,10-12,15,20-22,24,31-32,45H,9,13-14,16-19,23H2,1-6H3,(H2,38,39,46)/t31-,32+,37-/m0/s1. The Balaban J connectivity index is 1.18. The Hall–Kier alpha value is -3.99. The number of likely N-dealkylation sites (N-methyl/N-ethyl adjacent to an activating group) is 1. The molecule has 1 aliphatic carbocycles. The smallest absolute Gasteiger partial charge is 0.319 e. The quantitative estimate of drug-likeness (QED) is 0.201. The Morgan fingerprint density at radius 1 is 1.11 bits per heavy atom. The minimum absolute atomic E-state index is 0.0823. The van der Waals surface area contributed by atoms with E-state index < -0.39 is 0 Å². The highest BCUT2D eigenvalue weighted by atomic mass is 16.5. The van der Waals surface area contributed by atoms with Gasteiger partial charge < -0.3 is 20.5 Å². The van der Waals surface area contributed by atoms with Crippen molar-refractivity contribution in [2.24, 2.45) is 0 Å². The molecule has 1 saturated heterocycles. The maximum atomic E-state index is 13.4. The van der Waals surface area contributed by atoms with Gasteiger partial charge in [0.2, 0.25) is 0 Å². The second-order valence-electron chi connectivity index (χ2n) is 14.5. The van der Waals surface area contributed by atoms with Crippen LogP contribution in [0.4, 0.5) is 10.5 Å². The first-order valence-corrected chi connectivity index (χ1v) is 16.8. The fourth-order valence-corrected chi connectivity index (χ4v) is 7.05. The number of hydrogen-bond acceptors (Lipinski definition) is 7. The monoisotopic (exact) mass is 639 g/mol. The molecule has 1 fully saturated rings. The number of nitrogens with one attached hydrogen (secondary N) is 2. The van der Waals surface area contributed by atoms with E-state index >= 15 is 0 Å². The largest absolute Gasteiger partial charge is 0.484 e. The molecule has 6 rings (SSSR count). The zero-order valence-electron chi connectivity index (χ0n) is 28.6. The van der Waals surface area contributed by atoms with E-state index in [1.807, 2.05) is 43.6 Å². The van der Waals surface area contributed by atoms with Crippen molar-refractivity contribution in [3.8, 4) is 5.75 Å². The number of carbonyl (C=O) groups excluding carboxylic acids is 1. The van der Waals surface area contributed by atoms with Crippen molar-refractivity contribution in [1.29, 1.82) is 0 Å². The molecule has 0 saturated carbocycles. The van der Waals surface area contributed by atoms with Gasteiger partial charge in [-0.1, -0.05) is 51.1 Å². The highest BCUT2D eigenvalue weighted by Crippen LogP contribution is 2.40. The van der Waals surface area contributed by atoms with Crippen molar-refractivity contribution < 1.29 is 14.6 Å². The predicted octanol–water partition coefficient (Wildman–Crippen LogP) is 6.17. The number of amides is 2. The number of carbonyl (C=O) groups is 1. The van der Waals surface area contributed by atoms with Crippen LogP contribution in [-0.4, -0.2) is 69.3 Å². The number of hydrogen-bond donors (Lipinski definition) is 3. The summed E-state index contributed by atoms with van der Waals surface area (Å²) in [6.45, 7) is 11.2. The van der Waals surface area contributed by atoms with Gasteiger partial charge in [-0.15, -0.1) is 10.2 Å². The molecule has 0 spiro atoms. The van der Waals surface area contributed by atoms with E-state index in [0.717, 1.165) is 77.4 Å². The number of anilines is 1. The number of pyridine rings is 1. The molecule has 2 aromatic carbocycles. The topological polar surface area (TPSA) is 107 Å². The summed E-state index contributed by atoms with van der Waals surface area (Å²) in [6, 6.07) is 18.1. The van der Waals surface area contributed by atoms with Gasteiger partial charge in [-0.25, -0.2) is 4.79 Å². The normalized spacial score (nSPS) is 21.6. The third-order valence-electron chi connectivity index (χ3n) is 9.93. The SMILES string of the molecule is CN(CCO)Cc1cc(NC(=O)N[C@H]2CC[C@@H](Oc3ccc4nnc([C@]5(C)CCCN5C)n4c3)c3ccccc32)cc(C(C)(C)C)c1. The number of rotatable bonds is 9. The summed E-state index contributed by atoms with van der Waals surface area (Å²) in [5, 5.41) is 24.7. The molecular weight excluding hydrogens is 590 g/mol. The van der Waals surface area contributed by atoms with Crippen LogP contribution in [0.1, 0.15) is 93.6 Å². The summed E-state index contributed by atoms with van der Waals surface area (Å²) in [4.78, 5) is 17.9. The van der Waals surface area contributed by atoms with Crippen LogP contribution < -0.4 is 15.4 Å². The van der Waals surface area contributed by atoms with Gasteiger partial charge in [0.05, 0.1) is 24.4 Å². The van der Waals surface area contributed by atoms with Crippen LogP contribution in [0.3, 0.4) is 0 Å². The van der Waals surface area contributed by atoms with Gasteiger partial charge in [-0.05, 0) is 105 Å². The number of ether oxygens (including phenoxy) is 1.